The molecule has 1 aromatic carbocycles. The van der Waals surface area contributed by atoms with Crippen molar-refractivity contribution in [1.82, 2.24) is 15.3 Å². The first-order valence-electron chi connectivity index (χ1n) is 13.2. The Kier molecular flexibility index (Phi) is 8.25. The molecule has 2 atom stereocenters. The number of aromatic nitrogens is 2. The smallest absolute Gasteiger partial charge is 0.586 e. The van der Waals surface area contributed by atoms with Crippen LogP contribution in [0.3, 0.4) is 0 Å². The molecule has 2 saturated heterocycles. The molecule has 1 N–H and O–H groups in total. The second kappa shape index (κ2) is 11.4. The average Bonchev–Trinajstić information content (AvgIpc) is 2.89. The molecule has 202 valence electrons. The molecular formula is C27H35BN4O6. The van der Waals surface area contributed by atoms with E-state index in [-0.39, 0.29) is 47.5 Å². The quantitative estimate of drug-likeness (QED) is 0.472. The molecule has 2 fully saturated rings. The second-order valence-electron chi connectivity index (χ2n) is 11.0. The summed E-state index contributed by atoms with van der Waals surface area (Å²) in [6.07, 6.45) is 5.43. The van der Waals surface area contributed by atoms with Crippen LogP contribution in [0.15, 0.2) is 48.9 Å². The first-order valence-corrected chi connectivity index (χ1v) is 13.2. The van der Waals surface area contributed by atoms with Crippen LogP contribution in [-0.4, -0.2) is 70.9 Å². The van der Waals surface area contributed by atoms with Gasteiger partial charge in [0.25, 0.3) is 17.8 Å². The molecule has 0 saturated carbocycles. The molecule has 10 nitrogen and oxygen atoms in total. The predicted molar refractivity (Wildman–Crippen MR) is 139 cm³/mol. The number of fused-ring (bicyclic) bond motifs is 1. The van der Waals surface area contributed by atoms with Gasteiger partial charge in [-0.3, -0.25) is 24.2 Å². The van der Waals surface area contributed by atoms with Gasteiger partial charge in [-0.15, -0.1) is 0 Å². The van der Waals surface area contributed by atoms with Crippen LogP contribution in [0.5, 0.6) is 0 Å². The predicted octanol–water partition coefficient (Wildman–Crippen LogP) is 2.47. The maximum absolute atomic E-state index is 14.0. The van der Waals surface area contributed by atoms with Crippen LogP contribution >= 0.6 is 0 Å². The summed E-state index contributed by atoms with van der Waals surface area (Å²) >= 11 is 0. The summed E-state index contributed by atoms with van der Waals surface area (Å²) in [7, 11) is 1.94. The van der Waals surface area contributed by atoms with E-state index in [1.165, 1.54) is 18.6 Å². The summed E-state index contributed by atoms with van der Waals surface area (Å²) < 4.78 is 12.2. The largest absolute Gasteiger partial charge is 0.604 e. The molecule has 38 heavy (non-hydrogen) atoms. The maximum Gasteiger partial charge on any atom is 0.586 e. The number of amides is 1. The molecule has 0 unspecified atom stereocenters. The van der Waals surface area contributed by atoms with Gasteiger partial charge in [0.1, 0.15) is 5.69 Å². The number of ketones is 1. The van der Waals surface area contributed by atoms with Gasteiger partial charge in [-0.05, 0) is 30.1 Å². The molecule has 2 aliphatic heterocycles. The fourth-order valence-corrected chi connectivity index (χ4v) is 5.79. The van der Waals surface area contributed by atoms with Crippen LogP contribution in [0.1, 0.15) is 55.6 Å². The number of benzene rings is 1. The summed E-state index contributed by atoms with van der Waals surface area (Å²) in [5.41, 5.74) is 0.981. The summed E-state index contributed by atoms with van der Waals surface area (Å²) in [6, 6.07) is 8.54. The molecule has 1 amide bonds. The molecule has 0 aliphatic carbocycles. The zero-order chi connectivity index (χ0) is 27.3. The number of quaternary nitrogens is 1. The van der Waals surface area contributed by atoms with Crippen molar-refractivity contribution >= 4 is 30.3 Å². The molecule has 2 aromatic rings. The molecule has 2 aliphatic rings. The van der Waals surface area contributed by atoms with Gasteiger partial charge in [-0.1, -0.05) is 50.6 Å². The van der Waals surface area contributed by atoms with Crippen molar-refractivity contribution in [3.8, 4) is 0 Å². The third-order valence-electron chi connectivity index (χ3n) is 7.73. The third-order valence-corrected chi connectivity index (χ3v) is 7.73. The minimum atomic E-state index is -2.48. The molecule has 4 rings (SSSR count). The van der Waals surface area contributed by atoms with Crippen LogP contribution in [0.25, 0.3) is 0 Å². The van der Waals surface area contributed by atoms with E-state index >= 15 is 0 Å². The van der Waals surface area contributed by atoms with E-state index in [0.717, 1.165) is 5.56 Å². The lowest BCUT2D eigenvalue weighted by Crippen LogP contribution is -2.78. The Labute approximate surface area is 222 Å². The number of nitrogens with one attached hydrogen (secondary N) is 1. The van der Waals surface area contributed by atoms with Crippen LogP contribution in [-0.2, 0) is 30.1 Å². The zero-order valence-electron chi connectivity index (χ0n) is 22.2. The van der Waals surface area contributed by atoms with Gasteiger partial charge in [-0.2, -0.15) is 0 Å². The lowest BCUT2D eigenvalue weighted by atomic mass is 9.48. The number of nitrogens with zero attached hydrogens (tertiary/aromatic N) is 3. The lowest BCUT2D eigenvalue weighted by Gasteiger charge is -2.62. The van der Waals surface area contributed by atoms with Crippen molar-refractivity contribution in [1.29, 1.82) is 0 Å². The molecule has 0 spiro atoms. The summed E-state index contributed by atoms with van der Waals surface area (Å²) in [4.78, 5) is 60.1. The standard InChI is InChI=1S/C27H35BN4O6/c1-19(2)15-21(28-32(3,13-9-25(34)37-28)14-10-26(35)38-28)17-24(33)22(16-20-7-5-4-6-8-20)31-27(36)23-18-29-11-12-30-23/h4-8,11-12,18-19,21-22H,9-10,13-17H2,1-3H3,(H,31,36)/t21-,22+,28?,32?/m1/s1. The number of carbonyl (C=O) groups is 4. The van der Waals surface area contributed by atoms with Crippen LogP contribution in [0.2, 0.25) is 5.82 Å². The molecular weight excluding hydrogens is 487 g/mol. The van der Waals surface area contributed by atoms with E-state index in [2.05, 4.69) is 15.3 Å². The number of hydrogen-bond acceptors (Lipinski definition) is 8. The molecule has 0 radical (unpaired) electrons. The van der Waals surface area contributed by atoms with Gasteiger partial charge in [-0.25, -0.2) is 4.98 Å². The molecule has 1 aromatic heterocycles. The van der Waals surface area contributed by atoms with Crippen LogP contribution < -0.4 is 5.32 Å². The first-order chi connectivity index (χ1) is 18.1. The lowest BCUT2D eigenvalue weighted by molar-refractivity contribution is -0.835. The number of rotatable bonds is 10. The normalized spacial score (nSPS) is 24.5. The van der Waals surface area contributed by atoms with Gasteiger partial charge in [0.05, 0.1) is 38.2 Å². The highest BCUT2D eigenvalue weighted by molar-refractivity contribution is 6.65. The van der Waals surface area contributed by atoms with Gasteiger partial charge < -0.3 is 19.0 Å². The van der Waals surface area contributed by atoms with E-state index < -0.39 is 36.4 Å². The van der Waals surface area contributed by atoms with E-state index in [9.17, 15) is 19.2 Å². The fraction of sp³-hybridized carbons (Fsp3) is 0.481. The van der Waals surface area contributed by atoms with Crippen molar-refractivity contribution < 1.29 is 32.9 Å². The summed E-state index contributed by atoms with van der Waals surface area (Å²) in [5.74, 6) is -1.98. The van der Waals surface area contributed by atoms with Crippen LogP contribution in [0, 0.1) is 5.92 Å². The second-order valence-corrected chi connectivity index (χ2v) is 11.0. The Morgan fingerprint density at radius 2 is 1.71 bits per heavy atom. The molecule has 11 heteroatoms. The highest BCUT2D eigenvalue weighted by atomic mass is 16.7. The van der Waals surface area contributed by atoms with E-state index in [1.54, 1.807) is 0 Å². The van der Waals surface area contributed by atoms with E-state index in [4.69, 9.17) is 9.31 Å². The minimum Gasteiger partial charge on any atom is -0.604 e. The minimum absolute atomic E-state index is 0.0230. The Balaban J connectivity index is 1.65. The Bertz CT molecular complexity index is 1150. The topological polar surface area (TPSA) is 125 Å². The summed E-state index contributed by atoms with van der Waals surface area (Å²) in [5, 5.41) is 2.84. The third kappa shape index (κ3) is 5.93. The van der Waals surface area contributed by atoms with Gasteiger partial charge in [0.15, 0.2) is 5.78 Å². The number of carbonyl (C=O) groups excluding carboxylic acids is 4. The van der Waals surface area contributed by atoms with Crippen molar-refractivity contribution in [3.63, 3.8) is 0 Å². The SMILES string of the molecule is CC(C)C[C@H](CC(=O)[C@H](Cc1ccccc1)NC(=O)c1cnccn1)[B-]12OC(=O)CC[N+]1(C)CCC(=O)O2. The molecule has 3 heterocycles. The maximum atomic E-state index is 14.0. The van der Waals surface area contributed by atoms with E-state index in [1.807, 2.05) is 51.2 Å². The molecule has 0 bridgehead atoms. The van der Waals surface area contributed by atoms with Crippen molar-refractivity contribution in [2.45, 2.75) is 57.8 Å². The van der Waals surface area contributed by atoms with Crippen LogP contribution in [0.4, 0.5) is 0 Å². The van der Waals surface area contributed by atoms with Crippen molar-refractivity contribution in [2.24, 2.45) is 5.92 Å². The number of hydrogen-bond donors (Lipinski definition) is 1. The summed E-state index contributed by atoms with van der Waals surface area (Å²) in [6.45, 7) is 2.51. The number of Topliss-reactive ketones (excluding diaryl/α,β-unsaturated/α-hetero) is 1. The van der Waals surface area contributed by atoms with Crippen molar-refractivity contribution in [3.05, 3.63) is 60.2 Å². The Morgan fingerprint density at radius 3 is 2.29 bits per heavy atom. The van der Waals surface area contributed by atoms with Gasteiger partial charge in [0.2, 0.25) is 0 Å². The van der Waals surface area contributed by atoms with E-state index in [0.29, 0.717) is 19.5 Å². The van der Waals surface area contributed by atoms with Gasteiger partial charge in [0, 0.05) is 19.4 Å². The zero-order valence-corrected chi connectivity index (χ0v) is 22.2. The average molecular weight is 522 g/mol. The van der Waals surface area contributed by atoms with Crippen molar-refractivity contribution in [2.75, 3.05) is 20.1 Å². The Morgan fingerprint density at radius 1 is 1.05 bits per heavy atom. The Hall–Kier alpha value is -3.60. The first kappa shape index (κ1) is 27.4. The highest BCUT2D eigenvalue weighted by Gasteiger charge is 2.63. The fourth-order valence-electron chi connectivity index (χ4n) is 5.79. The van der Waals surface area contributed by atoms with Gasteiger partial charge >= 0.3 is 6.69 Å². The monoisotopic (exact) mass is 522 g/mol. The highest BCUT2D eigenvalue weighted by Crippen LogP contribution is 2.44.